The van der Waals surface area contributed by atoms with Crippen LogP contribution in [0.1, 0.15) is 22.3 Å². The van der Waals surface area contributed by atoms with E-state index in [4.69, 9.17) is 15.2 Å². The summed E-state index contributed by atoms with van der Waals surface area (Å²) >= 11 is 0. The average molecular weight is 233 g/mol. The number of carbonyl (C=O) groups is 1. The second-order valence-electron chi connectivity index (χ2n) is 4.71. The second kappa shape index (κ2) is 3.82. The van der Waals surface area contributed by atoms with E-state index in [0.29, 0.717) is 31.8 Å². The van der Waals surface area contributed by atoms with Gasteiger partial charge in [-0.2, -0.15) is 0 Å². The number of fused-ring (bicyclic) bond motifs is 1. The fraction of sp³-hybridized carbons (Fsp3) is 0.462. The lowest BCUT2D eigenvalue weighted by Crippen LogP contribution is -2.48. The van der Waals surface area contributed by atoms with Gasteiger partial charge in [0, 0.05) is 18.6 Å². The van der Waals surface area contributed by atoms with Crippen molar-refractivity contribution >= 4 is 5.78 Å². The van der Waals surface area contributed by atoms with Crippen LogP contribution in [-0.4, -0.2) is 31.1 Å². The van der Waals surface area contributed by atoms with E-state index in [1.54, 1.807) is 6.07 Å². The minimum Gasteiger partial charge on any atom is -0.493 e. The lowest BCUT2D eigenvalue weighted by atomic mass is 9.89. The molecule has 1 aromatic carbocycles. The van der Waals surface area contributed by atoms with Crippen molar-refractivity contribution in [3.05, 3.63) is 29.3 Å². The summed E-state index contributed by atoms with van der Waals surface area (Å²) in [5.41, 5.74) is 7.00. The zero-order chi connectivity index (χ0) is 11.9. The van der Waals surface area contributed by atoms with Gasteiger partial charge in [-0.15, -0.1) is 0 Å². The fourth-order valence-electron chi connectivity index (χ4n) is 2.38. The molecule has 2 aliphatic rings. The quantitative estimate of drug-likeness (QED) is 0.772. The summed E-state index contributed by atoms with van der Waals surface area (Å²) in [5, 5.41) is 0. The number of rotatable bonds is 2. The first kappa shape index (κ1) is 10.7. The van der Waals surface area contributed by atoms with Crippen molar-refractivity contribution in [3.63, 3.8) is 0 Å². The molecular weight excluding hydrogens is 218 g/mol. The summed E-state index contributed by atoms with van der Waals surface area (Å²) in [6, 6.07) is 5.55. The van der Waals surface area contributed by atoms with E-state index < -0.39 is 5.54 Å². The van der Waals surface area contributed by atoms with Crippen LogP contribution in [0.25, 0.3) is 0 Å². The van der Waals surface area contributed by atoms with Crippen LogP contribution in [0.15, 0.2) is 18.2 Å². The highest BCUT2D eigenvalue weighted by atomic mass is 16.5. The summed E-state index contributed by atoms with van der Waals surface area (Å²) in [4.78, 5) is 12.3. The molecule has 17 heavy (non-hydrogen) atoms. The number of Topliss-reactive ketones (excluding diaryl/α,β-unsaturated/α-hetero) is 1. The molecule has 0 radical (unpaired) electrons. The van der Waals surface area contributed by atoms with Gasteiger partial charge in [0.15, 0.2) is 5.78 Å². The van der Waals surface area contributed by atoms with Crippen molar-refractivity contribution in [1.82, 2.24) is 0 Å². The maximum absolute atomic E-state index is 12.3. The Morgan fingerprint density at radius 2 is 2.24 bits per heavy atom. The third kappa shape index (κ3) is 1.73. The molecule has 1 aromatic rings. The molecule has 0 bridgehead atoms. The molecule has 1 saturated heterocycles. The number of ether oxygens (including phenoxy) is 2. The van der Waals surface area contributed by atoms with Crippen molar-refractivity contribution in [3.8, 4) is 5.75 Å². The van der Waals surface area contributed by atoms with E-state index in [1.807, 2.05) is 12.1 Å². The molecule has 0 spiro atoms. The van der Waals surface area contributed by atoms with E-state index in [9.17, 15) is 4.79 Å². The van der Waals surface area contributed by atoms with E-state index in [2.05, 4.69) is 0 Å². The highest BCUT2D eigenvalue weighted by molar-refractivity contribution is 6.03. The summed E-state index contributed by atoms with van der Waals surface area (Å²) in [5.74, 6) is 0.861. The monoisotopic (exact) mass is 233 g/mol. The number of ketones is 1. The van der Waals surface area contributed by atoms with Crippen LogP contribution in [0, 0.1) is 0 Å². The fourth-order valence-corrected chi connectivity index (χ4v) is 2.38. The van der Waals surface area contributed by atoms with Gasteiger partial charge in [-0.25, -0.2) is 0 Å². The van der Waals surface area contributed by atoms with Gasteiger partial charge in [0.05, 0.1) is 13.2 Å². The van der Waals surface area contributed by atoms with Gasteiger partial charge in [-0.1, -0.05) is 0 Å². The lowest BCUT2D eigenvalue weighted by molar-refractivity contribution is 0.0863. The SMILES string of the molecule is NC1(C(=O)c2ccc3c(c2)CCO3)CCOC1. The van der Waals surface area contributed by atoms with Crippen molar-refractivity contribution < 1.29 is 14.3 Å². The predicted molar refractivity (Wildman–Crippen MR) is 62.3 cm³/mol. The van der Waals surface area contributed by atoms with Crippen LogP contribution in [0.2, 0.25) is 0 Å². The Morgan fingerprint density at radius 1 is 1.35 bits per heavy atom. The normalized spacial score (nSPS) is 26.6. The first-order valence-corrected chi connectivity index (χ1v) is 5.86. The van der Waals surface area contributed by atoms with Gasteiger partial charge in [0.2, 0.25) is 0 Å². The molecule has 4 heteroatoms. The maximum Gasteiger partial charge on any atom is 0.185 e. The summed E-state index contributed by atoms with van der Waals surface area (Å²) in [7, 11) is 0. The number of carbonyl (C=O) groups excluding carboxylic acids is 1. The van der Waals surface area contributed by atoms with E-state index in [-0.39, 0.29) is 5.78 Å². The molecule has 0 saturated carbocycles. The average Bonchev–Trinajstić information content (AvgIpc) is 2.96. The molecule has 1 unspecified atom stereocenters. The Labute approximate surface area is 99.7 Å². The zero-order valence-corrected chi connectivity index (χ0v) is 9.57. The number of hydrogen-bond acceptors (Lipinski definition) is 4. The molecule has 0 aromatic heterocycles. The zero-order valence-electron chi connectivity index (χ0n) is 9.57. The highest BCUT2D eigenvalue weighted by Gasteiger charge is 2.38. The Kier molecular flexibility index (Phi) is 2.42. The van der Waals surface area contributed by atoms with Gasteiger partial charge < -0.3 is 15.2 Å². The van der Waals surface area contributed by atoms with Crippen molar-refractivity contribution in [2.75, 3.05) is 19.8 Å². The highest BCUT2D eigenvalue weighted by Crippen LogP contribution is 2.28. The molecule has 0 amide bonds. The number of hydrogen-bond donors (Lipinski definition) is 1. The number of benzene rings is 1. The van der Waals surface area contributed by atoms with E-state index in [0.717, 1.165) is 17.7 Å². The summed E-state index contributed by atoms with van der Waals surface area (Å²) < 4.78 is 10.6. The molecular formula is C13H15NO3. The third-order valence-corrected chi connectivity index (χ3v) is 3.46. The minimum atomic E-state index is -0.840. The Morgan fingerprint density at radius 3 is 3.00 bits per heavy atom. The molecule has 2 N–H and O–H groups in total. The standard InChI is InChI=1S/C13H15NO3/c14-13(4-6-16-8-13)12(15)10-1-2-11-9(7-10)3-5-17-11/h1-2,7H,3-6,8,14H2. The van der Waals surface area contributed by atoms with E-state index >= 15 is 0 Å². The molecule has 1 fully saturated rings. The molecule has 1 atom stereocenters. The Hall–Kier alpha value is -1.39. The van der Waals surface area contributed by atoms with Gasteiger partial charge in [0.25, 0.3) is 0 Å². The van der Waals surface area contributed by atoms with E-state index in [1.165, 1.54) is 0 Å². The molecule has 90 valence electrons. The van der Waals surface area contributed by atoms with Crippen LogP contribution in [0.5, 0.6) is 5.75 Å². The van der Waals surface area contributed by atoms with Gasteiger partial charge in [-0.05, 0) is 30.2 Å². The minimum absolute atomic E-state index is 0.0234. The summed E-state index contributed by atoms with van der Waals surface area (Å²) in [6.45, 7) is 1.58. The second-order valence-corrected chi connectivity index (χ2v) is 4.71. The van der Waals surface area contributed by atoms with Crippen LogP contribution < -0.4 is 10.5 Å². The smallest absolute Gasteiger partial charge is 0.185 e. The molecule has 0 aliphatic carbocycles. The van der Waals surface area contributed by atoms with Crippen LogP contribution in [-0.2, 0) is 11.2 Å². The van der Waals surface area contributed by atoms with Crippen molar-refractivity contribution in [2.45, 2.75) is 18.4 Å². The van der Waals surface area contributed by atoms with Gasteiger partial charge in [0.1, 0.15) is 11.3 Å². The number of nitrogens with two attached hydrogens (primary N) is 1. The Balaban J connectivity index is 1.91. The first-order valence-electron chi connectivity index (χ1n) is 5.86. The van der Waals surface area contributed by atoms with Crippen LogP contribution in [0.4, 0.5) is 0 Å². The first-order chi connectivity index (χ1) is 8.19. The van der Waals surface area contributed by atoms with Crippen molar-refractivity contribution in [1.29, 1.82) is 0 Å². The third-order valence-electron chi connectivity index (χ3n) is 3.46. The molecule has 2 heterocycles. The lowest BCUT2D eigenvalue weighted by Gasteiger charge is -2.20. The predicted octanol–water partition coefficient (Wildman–Crippen LogP) is 0.922. The van der Waals surface area contributed by atoms with Crippen LogP contribution in [0.3, 0.4) is 0 Å². The molecule has 2 aliphatic heterocycles. The van der Waals surface area contributed by atoms with Gasteiger partial charge >= 0.3 is 0 Å². The largest absolute Gasteiger partial charge is 0.493 e. The van der Waals surface area contributed by atoms with Gasteiger partial charge in [-0.3, -0.25) is 4.79 Å². The maximum atomic E-state index is 12.3. The van der Waals surface area contributed by atoms with Crippen LogP contribution >= 0.6 is 0 Å². The topological polar surface area (TPSA) is 61.6 Å². The molecule has 3 rings (SSSR count). The van der Waals surface area contributed by atoms with Crippen molar-refractivity contribution in [2.24, 2.45) is 5.73 Å². The summed E-state index contributed by atoms with van der Waals surface area (Å²) in [6.07, 6.45) is 1.46. The molecule has 4 nitrogen and oxygen atoms in total. The Bertz CT molecular complexity index is 464.